The molecule has 0 spiro atoms. The Labute approximate surface area is 200 Å². The Morgan fingerprint density at radius 2 is 1.86 bits per heavy atom. The van der Waals surface area contributed by atoms with Gasteiger partial charge in [-0.25, -0.2) is 19.7 Å². The number of nitrogens with zero attached hydrogens (tertiary/aromatic N) is 8. The van der Waals surface area contributed by atoms with Crippen molar-refractivity contribution < 1.29 is 4.79 Å². The lowest BCUT2D eigenvalue weighted by Gasteiger charge is -2.35. The van der Waals surface area contributed by atoms with Gasteiger partial charge in [0.15, 0.2) is 11.3 Å². The summed E-state index contributed by atoms with van der Waals surface area (Å²) in [4.78, 5) is 58.4. The van der Waals surface area contributed by atoms with Gasteiger partial charge in [0.1, 0.15) is 12.1 Å². The summed E-state index contributed by atoms with van der Waals surface area (Å²) in [6, 6.07) is 1.69. The highest BCUT2D eigenvalue weighted by atomic mass is 16.2. The molecule has 0 unspecified atom stereocenters. The van der Waals surface area contributed by atoms with E-state index in [0.29, 0.717) is 38.4 Å². The van der Waals surface area contributed by atoms with Gasteiger partial charge in [-0.2, -0.15) is 5.10 Å². The van der Waals surface area contributed by atoms with Gasteiger partial charge >= 0.3 is 5.69 Å². The predicted molar refractivity (Wildman–Crippen MR) is 131 cm³/mol. The van der Waals surface area contributed by atoms with Crippen LogP contribution in [0.1, 0.15) is 42.7 Å². The second kappa shape index (κ2) is 8.60. The van der Waals surface area contributed by atoms with Gasteiger partial charge in [-0.3, -0.25) is 23.8 Å². The molecule has 1 aliphatic heterocycles. The van der Waals surface area contributed by atoms with Gasteiger partial charge in [0.2, 0.25) is 0 Å². The molecule has 12 heteroatoms. The molecule has 5 rings (SSSR count). The minimum Gasteiger partial charge on any atom is -0.352 e. The van der Waals surface area contributed by atoms with Crippen LogP contribution in [0.4, 0.5) is 5.82 Å². The second-order valence-corrected chi connectivity index (χ2v) is 8.93. The Morgan fingerprint density at radius 1 is 1.11 bits per heavy atom. The first kappa shape index (κ1) is 22.7. The Morgan fingerprint density at radius 3 is 2.54 bits per heavy atom. The van der Waals surface area contributed by atoms with Crippen molar-refractivity contribution in [2.24, 2.45) is 7.05 Å². The van der Waals surface area contributed by atoms with Crippen LogP contribution >= 0.6 is 0 Å². The first-order chi connectivity index (χ1) is 16.8. The molecule has 12 nitrogen and oxygen atoms in total. The number of nitrogens with one attached hydrogen (secondary N) is 1. The van der Waals surface area contributed by atoms with Crippen LogP contribution in [0.5, 0.6) is 0 Å². The van der Waals surface area contributed by atoms with E-state index in [2.05, 4.69) is 29.9 Å². The SMILES string of the molecule is CCn1c(=O)[nH]c(=O)c2c(C(=O)N3CCN(c4ncnc5c4cnn5C)CC3)cc(C(C)C)nc21. The van der Waals surface area contributed by atoms with Gasteiger partial charge in [0, 0.05) is 45.5 Å². The molecule has 0 aliphatic carbocycles. The smallest absolute Gasteiger partial charge is 0.329 e. The maximum Gasteiger partial charge on any atom is 0.329 e. The maximum atomic E-state index is 13.7. The second-order valence-electron chi connectivity index (χ2n) is 8.93. The number of aromatic amines is 1. The van der Waals surface area contributed by atoms with Crippen molar-refractivity contribution in [1.82, 2.24) is 39.2 Å². The summed E-state index contributed by atoms with van der Waals surface area (Å²) >= 11 is 0. The third kappa shape index (κ3) is 3.74. The lowest BCUT2D eigenvalue weighted by Crippen LogP contribution is -2.49. The van der Waals surface area contributed by atoms with Crippen molar-refractivity contribution in [1.29, 1.82) is 0 Å². The maximum absolute atomic E-state index is 13.7. The molecule has 0 radical (unpaired) electrons. The van der Waals surface area contributed by atoms with Crippen molar-refractivity contribution in [3.63, 3.8) is 0 Å². The summed E-state index contributed by atoms with van der Waals surface area (Å²) in [7, 11) is 1.83. The molecule has 4 aromatic heterocycles. The quantitative estimate of drug-likeness (QED) is 0.457. The Kier molecular flexibility index (Phi) is 5.58. The molecule has 4 aromatic rings. The highest BCUT2D eigenvalue weighted by Crippen LogP contribution is 2.25. The van der Waals surface area contributed by atoms with E-state index in [-0.39, 0.29) is 28.4 Å². The molecule has 35 heavy (non-hydrogen) atoms. The van der Waals surface area contributed by atoms with E-state index >= 15 is 0 Å². The molecular weight excluding hydrogens is 450 g/mol. The third-order valence-corrected chi connectivity index (χ3v) is 6.48. The molecule has 1 aliphatic rings. The predicted octanol–water partition coefficient (Wildman–Crippen LogP) is 0.867. The van der Waals surface area contributed by atoms with Gasteiger partial charge in [-0.05, 0) is 18.9 Å². The number of H-pyrrole nitrogens is 1. The number of aromatic nitrogens is 7. The number of fused-ring (bicyclic) bond motifs is 2. The molecule has 0 aromatic carbocycles. The van der Waals surface area contributed by atoms with E-state index in [0.717, 1.165) is 16.9 Å². The van der Waals surface area contributed by atoms with Gasteiger partial charge in [-0.15, -0.1) is 0 Å². The Hall–Kier alpha value is -4.09. The fraction of sp³-hybridized carbons (Fsp3) is 0.435. The molecule has 1 fully saturated rings. The fourth-order valence-electron chi connectivity index (χ4n) is 4.54. The number of rotatable bonds is 4. The molecule has 0 atom stereocenters. The zero-order valence-electron chi connectivity index (χ0n) is 20.1. The number of carbonyl (C=O) groups is 1. The van der Waals surface area contributed by atoms with Crippen LogP contribution in [-0.4, -0.2) is 71.3 Å². The van der Waals surface area contributed by atoms with Crippen LogP contribution < -0.4 is 16.1 Å². The zero-order chi connectivity index (χ0) is 24.9. The van der Waals surface area contributed by atoms with E-state index in [1.807, 2.05) is 20.9 Å². The number of amides is 1. The van der Waals surface area contributed by atoms with Crippen molar-refractivity contribution in [3.05, 3.63) is 50.7 Å². The number of hydrogen-bond donors (Lipinski definition) is 1. The van der Waals surface area contributed by atoms with Crippen molar-refractivity contribution >= 4 is 33.8 Å². The van der Waals surface area contributed by atoms with E-state index in [9.17, 15) is 14.4 Å². The molecule has 182 valence electrons. The van der Waals surface area contributed by atoms with E-state index < -0.39 is 11.2 Å². The average molecular weight is 478 g/mol. The van der Waals surface area contributed by atoms with Crippen LogP contribution in [0.15, 0.2) is 28.2 Å². The lowest BCUT2D eigenvalue weighted by atomic mass is 10.0. The van der Waals surface area contributed by atoms with E-state index in [1.54, 1.807) is 28.8 Å². The van der Waals surface area contributed by atoms with Gasteiger partial charge in [0.05, 0.1) is 22.5 Å². The summed E-state index contributed by atoms with van der Waals surface area (Å²) in [5, 5.41) is 5.29. The normalized spacial score (nSPS) is 14.4. The highest BCUT2D eigenvalue weighted by Gasteiger charge is 2.28. The first-order valence-corrected chi connectivity index (χ1v) is 11.6. The molecule has 5 heterocycles. The van der Waals surface area contributed by atoms with E-state index in [1.165, 1.54) is 10.9 Å². The molecule has 1 N–H and O–H groups in total. The Bertz CT molecular complexity index is 1560. The Balaban J connectivity index is 1.49. The van der Waals surface area contributed by atoms with Crippen molar-refractivity contribution in [2.45, 2.75) is 33.2 Å². The monoisotopic (exact) mass is 477 g/mol. The number of pyridine rings is 1. The summed E-state index contributed by atoms with van der Waals surface area (Å²) < 4.78 is 3.10. The highest BCUT2D eigenvalue weighted by molar-refractivity contribution is 6.05. The summed E-state index contributed by atoms with van der Waals surface area (Å²) in [5.41, 5.74) is 0.795. The molecule has 1 amide bonds. The summed E-state index contributed by atoms with van der Waals surface area (Å²) in [6.45, 7) is 8.11. The molecular formula is C23H27N9O3. The number of hydrogen-bond acceptors (Lipinski definition) is 8. The van der Waals surface area contributed by atoms with E-state index in [4.69, 9.17) is 0 Å². The fourth-order valence-corrected chi connectivity index (χ4v) is 4.54. The topological polar surface area (TPSA) is 135 Å². The lowest BCUT2D eigenvalue weighted by molar-refractivity contribution is 0.0748. The van der Waals surface area contributed by atoms with Crippen LogP contribution in [-0.2, 0) is 13.6 Å². The number of piperazine rings is 1. The number of carbonyl (C=O) groups excluding carboxylic acids is 1. The minimum absolute atomic E-state index is 0.0159. The standard InChI is InChI=1S/C23H27N9O3/c1-5-32-20-17(21(33)28-23(32)35)14(10-16(27-20)13(2)3)22(34)31-8-6-30(7-9-31)19-15-11-26-29(4)18(15)24-12-25-19/h10-13H,5-9H2,1-4H3,(H,28,33,35). The third-order valence-electron chi connectivity index (χ3n) is 6.48. The van der Waals surface area contributed by atoms with Crippen molar-refractivity contribution in [3.8, 4) is 0 Å². The minimum atomic E-state index is -0.598. The van der Waals surface area contributed by atoms with Gasteiger partial charge < -0.3 is 9.80 Å². The summed E-state index contributed by atoms with van der Waals surface area (Å²) in [6.07, 6.45) is 3.27. The molecule has 0 bridgehead atoms. The van der Waals surface area contributed by atoms with Gasteiger partial charge in [-0.1, -0.05) is 13.8 Å². The van der Waals surface area contributed by atoms with Crippen molar-refractivity contribution in [2.75, 3.05) is 31.1 Å². The van der Waals surface area contributed by atoms with Crippen LogP contribution in [0.25, 0.3) is 22.1 Å². The molecule has 0 saturated carbocycles. The number of anilines is 1. The van der Waals surface area contributed by atoms with Crippen LogP contribution in [0, 0.1) is 0 Å². The zero-order valence-corrected chi connectivity index (χ0v) is 20.1. The van der Waals surface area contributed by atoms with Gasteiger partial charge in [0.25, 0.3) is 11.5 Å². The summed E-state index contributed by atoms with van der Waals surface area (Å²) in [5.74, 6) is 0.553. The van der Waals surface area contributed by atoms with Crippen LogP contribution in [0.2, 0.25) is 0 Å². The number of aryl methyl sites for hydroxylation is 2. The molecule has 1 saturated heterocycles. The van der Waals surface area contributed by atoms with Crippen LogP contribution in [0.3, 0.4) is 0 Å². The largest absolute Gasteiger partial charge is 0.352 e. The first-order valence-electron chi connectivity index (χ1n) is 11.6. The average Bonchev–Trinajstić information content (AvgIpc) is 3.24.